The van der Waals surface area contributed by atoms with Crippen molar-refractivity contribution in [3.05, 3.63) is 40.9 Å². The smallest absolute Gasteiger partial charge is 0.330 e. The summed E-state index contributed by atoms with van der Waals surface area (Å²) >= 11 is 5.83. The molecular formula is C14H13ClN2O3. The van der Waals surface area contributed by atoms with Gasteiger partial charge in [0.25, 0.3) is 5.91 Å². The molecule has 0 aromatic heterocycles. The third-order valence-electron chi connectivity index (χ3n) is 2.21. The van der Waals surface area contributed by atoms with E-state index >= 15 is 0 Å². The van der Waals surface area contributed by atoms with E-state index in [2.05, 4.69) is 5.32 Å². The molecule has 1 aromatic carbocycles. The van der Waals surface area contributed by atoms with E-state index in [4.69, 9.17) is 21.6 Å². The maximum atomic E-state index is 11.5. The summed E-state index contributed by atoms with van der Waals surface area (Å²) in [5.41, 5.74) is 0.750. The number of amides is 1. The number of ether oxygens (including phenoxy) is 1. The predicted molar refractivity (Wildman–Crippen MR) is 75.2 cm³/mol. The Morgan fingerprint density at radius 3 is 2.85 bits per heavy atom. The van der Waals surface area contributed by atoms with Crippen molar-refractivity contribution >= 4 is 29.2 Å². The summed E-state index contributed by atoms with van der Waals surface area (Å²) in [7, 11) is 0. The van der Waals surface area contributed by atoms with E-state index in [-0.39, 0.29) is 11.6 Å². The fourth-order valence-electron chi connectivity index (χ4n) is 1.28. The Kier molecular flexibility index (Phi) is 6.27. The number of carbonyl (C=O) groups excluding carboxylic acids is 2. The van der Waals surface area contributed by atoms with Gasteiger partial charge in [0.2, 0.25) is 0 Å². The molecule has 0 unspecified atom stereocenters. The lowest BCUT2D eigenvalue weighted by Gasteiger charge is -2.06. The van der Waals surface area contributed by atoms with Crippen molar-refractivity contribution in [1.29, 1.82) is 5.26 Å². The number of rotatable bonds is 5. The number of hydrogen-bond donors (Lipinski definition) is 1. The number of carbonyl (C=O) groups is 2. The lowest BCUT2D eigenvalue weighted by Crippen LogP contribution is -2.20. The predicted octanol–water partition coefficient (Wildman–Crippen LogP) is 2.66. The van der Waals surface area contributed by atoms with E-state index in [0.717, 1.165) is 0 Å². The van der Waals surface area contributed by atoms with Gasteiger partial charge in [0.15, 0.2) is 6.61 Å². The number of nitriles is 1. The van der Waals surface area contributed by atoms with Crippen molar-refractivity contribution in [2.75, 3.05) is 11.9 Å². The second-order valence-electron chi connectivity index (χ2n) is 3.77. The number of benzene rings is 1. The Morgan fingerprint density at radius 2 is 2.25 bits per heavy atom. The summed E-state index contributed by atoms with van der Waals surface area (Å²) < 4.78 is 4.73. The largest absolute Gasteiger partial charge is 0.452 e. The molecule has 20 heavy (non-hydrogen) atoms. The van der Waals surface area contributed by atoms with E-state index in [0.29, 0.717) is 17.7 Å². The van der Waals surface area contributed by atoms with E-state index in [9.17, 15) is 9.59 Å². The molecule has 6 heteroatoms. The number of anilines is 1. The van der Waals surface area contributed by atoms with Crippen molar-refractivity contribution in [3.63, 3.8) is 0 Å². The summed E-state index contributed by atoms with van der Waals surface area (Å²) in [5, 5.41) is 11.5. The van der Waals surface area contributed by atoms with E-state index in [1.54, 1.807) is 12.1 Å². The normalized spacial score (nSPS) is 10.1. The lowest BCUT2D eigenvalue weighted by molar-refractivity contribution is -0.142. The van der Waals surface area contributed by atoms with Crippen LogP contribution >= 0.6 is 11.6 Å². The molecule has 0 atom stereocenters. The Hall–Kier alpha value is -2.32. The zero-order chi connectivity index (χ0) is 15.0. The maximum absolute atomic E-state index is 11.5. The molecule has 1 amide bonds. The van der Waals surface area contributed by atoms with Crippen LogP contribution in [0.5, 0.6) is 0 Å². The Balaban J connectivity index is 2.51. The van der Waals surface area contributed by atoms with Gasteiger partial charge in [-0.3, -0.25) is 4.79 Å². The number of hydrogen-bond acceptors (Lipinski definition) is 4. The van der Waals surface area contributed by atoms with Gasteiger partial charge in [0, 0.05) is 11.8 Å². The zero-order valence-corrected chi connectivity index (χ0v) is 11.6. The SMILES string of the molecule is CC/C=C/C(=O)OCC(=O)Nc1ccc(C#N)c(Cl)c1. The monoisotopic (exact) mass is 292 g/mol. The molecule has 0 aliphatic heterocycles. The maximum Gasteiger partial charge on any atom is 0.330 e. The molecule has 1 aromatic rings. The average molecular weight is 293 g/mol. The molecular weight excluding hydrogens is 280 g/mol. The van der Waals surface area contributed by atoms with Gasteiger partial charge >= 0.3 is 5.97 Å². The zero-order valence-electron chi connectivity index (χ0n) is 10.9. The Bertz CT molecular complexity index is 576. The van der Waals surface area contributed by atoms with Crippen LogP contribution in [0.1, 0.15) is 18.9 Å². The first-order valence-electron chi connectivity index (χ1n) is 5.89. The molecule has 0 saturated heterocycles. The molecule has 0 heterocycles. The highest BCUT2D eigenvalue weighted by Crippen LogP contribution is 2.20. The number of esters is 1. The molecule has 0 aliphatic carbocycles. The third-order valence-corrected chi connectivity index (χ3v) is 2.52. The molecule has 1 N–H and O–H groups in total. The van der Waals surface area contributed by atoms with Crippen LogP contribution in [0.15, 0.2) is 30.4 Å². The van der Waals surface area contributed by atoms with Crippen LogP contribution in [0, 0.1) is 11.3 Å². The molecule has 5 nitrogen and oxygen atoms in total. The first kappa shape index (κ1) is 15.7. The van der Waals surface area contributed by atoms with Crippen LogP contribution in [0.3, 0.4) is 0 Å². The second kappa shape index (κ2) is 7.97. The van der Waals surface area contributed by atoms with Crippen LogP contribution in [-0.2, 0) is 14.3 Å². The van der Waals surface area contributed by atoms with Crippen molar-refractivity contribution in [2.24, 2.45) is 0 Å². The van der Waals surface area contributed by atoms with Crippen molar-refractivity contribution in [3.8, 4) is 6.07 Å². The lowest BCUT2D eigenvalue weighted by atomic mass is 10.2. The molecule has 0 radical (unpaired) electrons. The van der Waals surface area contributed by atoms with Crippen LogP contribution in [0.4, 0.5) is 5.69 Å². The molecule has 0 fully saturated rings. The van der Waals surface area contributed by atoms with Crippen LogP contribution in [0.25, 0.3) is 0 Å². The van der Waals surface area contributed by atoms with Gasteiger partial charge < -0.3 is 10.1 Å². The highest BCUT2D eigenvalue weighted by atomic mass is 35.5. The minimum atomic E-state index is -0.570. The van der Waals surface area contributed by atoms with Gasteiger partial charge in [-0.25, -0.2) is 4.79 Å². The van der Waals surface area contributed by atoms with Crippen LogP contribution in [-0.4, -0.2) is 18.5 Å². The van der Waals surface area contributed by atoms with E-state index in [1.807, 2.05) is 13.0 Å². The number of nitrogens with one attached hydrogen (secondary N) is 1. The first-order valence-corrected chi connectivity index (χ1v) is 6.27. The van der Waals surface area contributed by atoms with Crippen LogP contribution < -0.4 is 5.32 Å². The fourth-order valence-corrected chi connectivity index (χ4v) is 1.50. The summed E-state index contributed by atoms with van der Waals surface area (Å²) in [6.45, 7) is 1.50. The van der Waals surface area contributed by atoms with Gasteiger partial charge in [-0.15, -0.1) is 0 Å². The summed E-state index contributed by atoms with van der Waals surface area (Å²) in [4.78, 5) is 22.7. The molecule has 0 bridgehead atoms. The standard InChI is InChI=1S/C14H13ClN2O3/c1-2-3-4-14(19)20-9-13(18)17-11-6-5-10(8-16)12(15)7-11/h3-7H,2,9H2,1H3,(H,17,18)/b4-3+. The Labute approximate surface area is 121 Å². The Morgan fingerprint density at radius 1 is 1.50 bits per heavy atom. The number of nitrogens with zero attached hydrogens (tertiary/aromatic N) is 1. The van der Waals surface area contributed by atoms with E-state index < -0.39 is 11.9 Å². The molecule has 0 saturated carbocycles. The van der Waals surface area contributed by atoms with E-state index in [1.165, 1.54) is 18.2 Å². The molecule has 104 valence electrons. The first-order chi connectivity index (χ1) is 9.56. The highest BCUT2D eigenvalue weighted by Gasteiger charge is 2.07. The number of halogens is 1. The van der Waals surface area contributed by atoms with Crippen molar-refractivity contribution in [2.45, 2.75) is 13.3 Å². The molecule has 0 aliphatic rings. The minimum absolute atomic E-state index is 0.244. The molecule has 1 rings (SSSR count). The van der Waals surface area contributed by atoms with Gasteiger partial charge in [0.1, 0.15) is 6.07 Å². The minimum Gasteiger partial charge on any atom is -0.452 e. The topological polar surface area (TPSA) is 79.2 Å². The third kappa shape index (κ3) is 5.12. The highest BCUT2D eigenvalue weighted by molar-refractivity contribution is 6.32. The molecule has 0 spiro atoms. The van der Waals surface area contributed by atoms with Crippen LogP contribution in [0.2, 0.25) is 5.02 Å². The summed E-state index contributed by atoms with van der Waals surface area (Å²) in [5.74, 6) is -1.05. The van der Waals surface area contributed by atoms with Crippen molar-refractivity contribution < 1.29 is 14.3 Å². The fraction of sp³-hybridized carbons (Fsp3) is 0.214. The van der Waals surface area contributed by atoms with Gasteiger partial charge in [-0.1, -0.05) is 24.6 Å². The number of allylic oxidation sites excluding steroid dienone is 1. The van der Waals surface area contributed by atoms with Crippen molar-refractivity contribution in [1.82, 2.24) is 0 Å². The summed E-state index contributed by atoms with van der Waals surface area (Å²) in [6.07, 6.45) is 3.62. The quantitative estimate of drug-likeness (QED) is 0.668. The summed E-state index contributed by atoms with van der Waals surface area (Å²) in [6, 6.07) is 6.41. The van der Waals surface area contributed by atoms with Gasteiger partial charge in [-0.05, 0) is 24.6 Å². The van der Waals surface area contributed by atoms with Gasteiger partial charge in [0.05, 0.1) is 10.6 Å². The average Bonchev–Trinajstić information content (AvgIpc) is 2.43. The van der Waals surface area contributed by atoms with Gasteiger partial charge in [-0.2, -0.15) is 5.26 Å². The second-order valence-corrected chi connectivity index (χ2v) is 4.18.